The number of ether oxygens (including phenoxy) is 5. The third kappa shape index (κ3) is 9.33. The van der Waals surface area contributed by atoms with E-state index in [2.05, 4.69) is 0 Å². The Bertz CT molecular complexity index is 1030. The molecule has 0 atom stereocenters. The maximum absolute atomic E-state index is 11.9. The number of carbonyl (C=O) groups excluding carboxylic acids is 1. The molecule has 0 saturated heterocycles. The van der Waals surface area contributed by atoms with Gasteiger partial charge >= 0.3 is 5.97 Å². The second-order valence-electron chi connectivity index (χ2n) is 10.6. The maximum atomic E-state index is 11.9. The third-order valence-electron chi connectivity index (χ3n) is 5.44. The molecule has 2 aliphatic heterocycles. The number of hydrogen-bond donors (Lipinski definition) is 1. The maximum Gasteiger partial charge on any atom is 0.310 e. The van der Waals surface area contributed by atoms with Crippen molar-refractivity contribution in [2.75, 3.05) is 6.61 Å². The molecule has 2 aromatic rings. The molecule has 0 saturated carbocycles. The normalized spacial score (nSPS) is 16.5. The minimum atomic E-state index is -0.627. The molecule has 0 radical (unpaired) electrons. The average molecular weight is 519 g/mol. The van der Waals surface area contributed by atoms with Gasteiger partial charge in [0.1, 0.15) is 17.1 Å². The Morgan fingerprint density at radius 1 is 0.865 bits per heavy atom. The van der Waals surface area contributed by atoms with Crippen LogP contribution in [-0.2, 0) is 45.1 Å². The van der Waals surface area contributed by atoms with Gasteiger partial charge in [-0.15, -0.1) is 0 Å². The van der Waals surface area contributed by atoms with Crippen LogP contribution in [0, 0.1) is 0 Å². The van der Waals surface area contributed by atoms with Crippen LogP contribution in [0.2, 0.25) is 0 Å². The molecule has 7 heteroatoms. The third-order valence-corrected chi connectivity index (χ3v) is 5.44. The van der Waals surface area contributed by atoms with Crippen molar-refractivity contribution in [3.63, 3.8) is 0 Å². The summed E-state index contributed by atoms with van der Waals surface area (Å²) < 4.78 is 28.0. The summed E-state index contributed by atoms with van der Waals surface area (Å²) in [6, 6.07) is 11.6. The highest BCUT2D eigenvalue weighted by Gasteiger charge is 2.30. The Morgan fingerprint density at radius 3 is 1.78 bits per heavy atom. The highest BCUT2D eigenvalue weighted by Crippen LogP contribution is 2.34. The SMILES string of the molecule is C.C.CC(C)(C)OC(=O)Cc1cccc2c1COC(C)(C)O2.CC1(C)OCc2c(CCO)cccc2O1. The molecular formula is C30H46O7. The summed E-state index contributed by atoms with van der Waals surface area (Å²) in [6.07, 6.45) is 0.879. The zero-order chi connectivity index (χ0) is 25.9. The Kier molecular flexibility index (Phi) is 11.2. The van der Waals surface area contributed by atoms with Gasteiger partial charge in [-0.05, 0) is 50.5 Å². The Labute approximate surface area is 223 Å². The van der Waals surface area contributed by atoms with E-state index in [4.69, 9.17) is 28.8 Å². The molecule has 2 heterocycles. The van der Waals surface area contributed by atoms with Gasteiger partial charge in [-0.2, -0.15) is 0 Å². The average Bonchev–Trinajstić information content (AvgIpc) is 2.71. The van der Waals surface area contributed by atoms with E-state index in [0.29, 0.717) is 19.6 Å². The summed E-state index contributed by atoms with van der Waals surface area (Å²) in [4.78, 5) is 11.9. The lowest BCUT2D eigenvalue weighted by atomic mass is 10.0. The molecular weight excluding hydrogens is 472 g/mol. The number of aliphatic hydroxyl groups is 1. The lowest BCUT2D eigenvalue weighted by Crippen LogP contribution is -2.35. The lowest BCUT2D eigenvalue weighted by molar-refractivity contribution is -0.180. The molecule has 4 rings (SSSR count). The molecule has 2 aromatic carbocycles. The minimum absolute atomic E-state index is 0. The van der Waals surface area contributed by atoms with Crippen molar-refractivity contribution in [1.82, 2.24) is 0 Å². The van der Waals surface area contributed by atoms with E-state index in [1.54, 1.807) is 0 Å². The van der Waals surface area contributed by atoms with E-state index in [0.717, 1.165) is 33.8 Å². The van der Waals surface area contributed by atoms with Crippen LogP contribution in [0.1, 0.15) is 85.6 Å². The van der Waals surface area contributed by atoms with Gasteiger partial charge in [0.2, 0.25) is 11.6 Å². The molecule has 0 spiro atoms. The summed E-state index contributed by atoms with van der Waals surface area (Å²) in [5.41, 5.74) is 3.52. The summed E-state index contributed by atoms with van der Waals surface area (Å²) in [6.45, 7) is 14.3. The van der Waals surface area contributed by atoms with Gasteiger partial charge in [0.25, 0.3) is 0 Å². The molecule has 2 aliphatic rings. The predicted molar refractivity (Wildman–Crippen MR) is 146 cm³/mol. The fourth-order valence-corrected chi connectivity index (χ4v) is 3.87. The summed E-state index contributed by atoms with van der Waals surface area (Å²) in [5.74, 6) is 0.234. The van der Waals surface area contributed by atoms with Crippen LogP contribution in [-0.4, -0.2) is 34.9 Å². The van der Waals surface area contributed by atoms with Gasteiger partial charge in [0.15, 0.2) is 0 Å². The monoisotopic (exact) mass is 518 g/mol. The number of fused-ring (bicyclic) bond motifs is 2. The van der Waals surface area contributed by atoms with Gasteiger partial charge in [0.05, 0.1) is 19.6 Å². The Balaban J connectivity index is 0.000000363. The second kappa shape index (κ2) is 12.8. The topological polar surface area (TPSA) is 83.5 Å². The first kappa shape index (κ1) is 32.4. The van der Waals surface area contributed by atoms with Crippen molar-refractivity contribution in [2.45, 2.75) is 107 Å². The molecule has 0 aromatic heterocycles. The van der Waals surface area contributed by atoms with Crippen LogP contribution < -0.4 is 9.47 Å². The van der Waals surface area contributed by atoms with Crippen molar-refractivity contribution in [2.24, 2.45) is 0 Å². The molecule has 0 amide bonds. The van der Waals surface area contributed by atoms with Crippen molar-refractivity contribution in [3.05, 3.63) is 58.7 Å². The molecule has 1 N–H and O–H groups in total. The lowest BCUT2D eigenvalue weighted by Gasteiger charge is -2.33. The van der Waals surface area contributed by atoms with E-state index >= 15 is 0 Å². The number of rotatable bonds is 4. The van der Waals surface area contributed by atoms with Crippen molar-refractivity contribution >= 4 is 5.97 Å². The second-order valence-corrected chi connectivity index (χ2v) is 10.6. The standard InChI is InChI=1S/C16H22O4.C12H16O3.2CH4/c1-15(2,3)20-14(17)9-11-7-6-8-13-12(11)10-18-16(4,5)19-13;1-12(2)14-8-10-9(6-7-13)4-3-5-11(10)15-12;;/h6-8H,9-10H2,1-5H3;3-5,13H,6-8H2,1-2H3;2*1H4. The van der Waals surface area contributed by atoms with E-state index in [1.807, 2.05) is 84.9 Å². The molecule has 37 heavy (non-hydrogen) atoms. The van der Waals surface area contributed by atoms with Crippen LogP contribution >= 0.6 is 0 Å². The van der Waals surface area contributed by atoms with E-state index in [1.165, 1.54) is 0 Å². The first-order valence-corrected chi connectivity index (χ1v) is 12.0. The zero-order valence-electron chi connectivity index (χ0n) is 21.9. The Morgan fingerprint density at radius 2 is 1.32 bits per heavy atom. The summed E-state index contributed by atoms with van der Waals surface area (Å²) >= 11 is 0. The van der Waals surface area contributed by atoms with E-state index in [-0.39, 0.29) is 33.9 Å². The van der Waals surface area contributed by atoms with Crippen molar-refractivity contribution in [1.29, 1.82) is 0 Å². The largest absolute Gasteiger partial charge is 0.463 e. The van der Waals surface area contributed by atoms with E-state index < -0.39 is 17.2 Å². The Hall–Kier alpha value is -2.61. The van der Waals surface area contributed by atoms with Crippen molar-refractivity contribution in [3.8, 4) is 11.5 Å². The van der Waals surface area contributed by atoms with Gasteiger partial charge < -0.3 is 28.8 Å². The highest BCUT2D eigenvalue weighted by molar-refractivity contribution is 5.74. The number of carbonyl (C=O) groups is 1. The van der Waals surface area contributed by atoms with Gasteiger partial charge in [-0.25, -0.2) is 0 Å². The number of benzene rings is 2. The smallest absolute Gasteiger partial charge is 0.310 e. The number of aliphatic hydroxyl groups excluding tert-OH is 1. The van der Waals surface area contributed by atoms with Crippen LogP contribution in [0.15, 0.2) is 36.4 Å². The van der Waals surface area contributed by atoms with Crippen LogP contribution in [0.25, 0.3) is 0 Å². The van der Waals surface area contributed by atoms with Gasteiger partial charge in [-0.1, -0.05) is 39.1 Å². The molecule has 7 nitrogen and oxygen atoms in total. The fourth-order valence-electron chi connectivity index (χ4n) is 3.87. The fraction of sp³-hybridized carbons (Fsp3) is 0.567. The van der Waals surface area contributed by atoms with E-state index in [9.17, 15) is 4.79 Å². The first-order chi connectivity index (χ1) is 16.3. The molecule has 0 bridgehead atoms. The summed E-state index contributed by atoms with van der Waals surface area (Å²) in [5, 5.41) is 8.94. The zero-order valence-corrected chi connectivity index (χ0v) is 21.9. The van der Waals surface area contributed by atoms with Crippen LogP contribution in [0.4, 0.5) is 0 Å². The molecule has 0 fully saturated rings. The predicted octanol–water partition coefficient (Wildman–Crippen LogP) is 6.35. The number of hydrogen-bond acceptors (Lipinski definition) is 7. The quantitative estimate of drug-likeness (QED) is 0.472. The minimum Gasteiger partial charge on any atom is -0.463 e. The first-order valence-electron chi connectivity index (χ1n) is 12.0. The van der Waals surface area contributed by atoms with Crippen molar-refractivity contribution < 1.29 is 33.6 Å². The van der Waals surface area contributed by atoms with Crippen LogP contribution in [0.3, 0.4) is 0 Å². The van der Waals surface area contributed by atoms with Gasteiger partial charge in [-0.3, -0.25) is 4.79 Å². The highest BCUT2D eigenvalue weighted by atomic mass is 16.7. The van der Waals surface area contributed by atoms with Gasteiger partial charge in [0, 0.05) is 45.4 Å². The summed E-state index contributed by atoms with van der Waals surface area (Å²) in [7, 11) is 0. The molecule has 0 aliphatic carbocycles. The van der Waals surface area contributed by atoms with Crippen LogP contribution in [0.5, 0.6) is 11.5 Å². The number of esters is 1. The molecule has 0 unspecified atom stereocenters. The molecule has 208 valence electrons.